The van der Waals surface area contributed by atoms with Gasteiger partial charge in [-0.15, -0.1) is 11.3 Å². The van der Waals surface area contributed by atoms with E-state index in [4.69, 9.17) is 0 Å². The highest BCUT2D eigenvalue weighted by molar-refractivity contribution is 9.10. The number of pyridine rings is 1. The molecule has 0 radical (unpaired) electrons. The van der Waals surface area contributed by atoms with Crippen LogP contribution in [0.15, 0.2) is 34.2 Å². The molecule has 0 aliphatic carbocycles. The molecular formula is C13H12BrF3N2S. The number of halogens is 4. The van der Waals surface area contributed by atoms with Crippen LogP contribution in [0.25, 0.3) is 0 Å². The van der Waals surface area contributed by atoms with Gasteiger partial charge in [0.2, 0.25) is 0 Å². The fourth-order valence-corrected chi connectivity index (χ4v) is 3.29. The van der Waals surface area contributed by atoms with Gasteiger partial charge >= 0.3 is 6.18 Å². The molecule has 2 aromatic heterocycles. The summed E-state index contributed by atoms with van der Waals surface area (Å²) in [4.78, 5) is 5.07. The van der Waals surface area contributed by atoms with Gasteiger partial charge in [0.15, 0.2) is 0 Å². The third-order valence-electron chi connectivity index (χ3n) is 2.85. The Kier molecular flexibility index (Phi) is 4.82. The van der Waals surface area contributed by atoms with Gasteiger partial charge in [0.05, 0.1) is 17.3 Å². The minimum atomic E-state index is -4.35. The van der Waals surface area contributed by atoms with Crippen molar-refractivity contribution in [1.29, 1.82) is 0 Å². The molecule has 1 unspecified atom stereocenters. The summed E-state index contributed by atoms with van der Waals surface area (Å²) in [6.45, 7) is 0. The van der Waals surface area contributed by atoms with Crippen molar-refractivity contribution in [2.45, 2.75) is 18.6 Å². The first kappa shape index (κ1) is 15.5. The summed E-state index contributed by atoms with van der Waals surface area (Å²) in [5.74, 6) is 0. The van der Waals surface area contributed by atoms with E-state index in [1.54, 1.807) is 18.4 Å². The number of aromatic nitrogens is 1. The van der Waals surface area contributed by atoms with Crippen LogP contribution in [-0.4, -0.2) is 12.0 Å². The minimum Gasteiger partial charge on any atom is -0.311 e. The topological polar surface area (TPSA) is 24.9 Å². The van der Waals surface area contributed by atoms with E-state index in [1.807, 2.05) is 11.4 Å². The quantitative estimate of drug-likeness (QED) is 0.867. The van der Waals surface area contributed by atoms with Crippen LogP contribution in [0.2, 0.25) is 0 Å². The lowest BCUT2D eigenvalue weighted by Gasteiger charge is -2.15. The molecule has 0 aromatic carbocycles. The zero-order valence-corrected chi connectivity index (χ0v) is 12.9. The van der Waals surface area contributed by atoms with Crippen molar-refractivity contribution in [2.75, 3.05) is 7.05 Å². The van der Waals surface area contributed by atoms with Crippen LogP contribution in [0.4, 0.5) is 13.2 Å². The lowest BCUT2D eigenvalue weighted by molar-refractivity contribution is -0.137. The Bertz CT molecular complexity index is 566. The summed E-state index contributed by atoms with van der Waals surface area (Å²) < 4.78 is 38.5. The number of nitrogens with zero attached hydrogens (tertiary/aromatic N) is 1. The Hall–Kier alpha value is -0.920. The number of likely N-dealkylation sites (N-methyl/N-ethyl adjacent to an activating group) is 1. The molecule has 0 spiro atoms. The second kappa shape index (κ2) is 6.24. The smallest absolute Gasteiger partial charge is 0.311 e. The van der Waals surface area contributed by atoms with E-state index in [1.165, 1.54) is 6.07 Å². The largest absolute Gasteiger partial charge is 0.417 e. The molecular weight excluding hydrogens is 353 g/mol. The van der Waals surface area contributed by atoms with Gasteiger partial charge in [-0.05, 0) is 41.2 Å². The van der Waals surface area contributed by atoms with E-state index in [2.05, 4.69) is 26.2 Å². The van der Waals surface area contributed by atoms with Crippen molar-refractivity contribution < 1.29 is 13.2 Å². The number of hydrogen-bond acceptors (Lipinski definition) is 3. The molecule has 1 atom stereocenters. The summed E-state index contributed by atoms with van der Waals surface area (Å²) in [7, 11) is 1.77. The molecule has 0 saturated heterocycles. The van der Waals surface area contributed by atoms with Crippen molar-refractivity contribution in [1.82, 2.24) is 10.3 Å². The van der Waals surface area contributed by atoms with Gasteiger partial charge in [-0.25, -0.2) is 0 Å². The molecule has 2 aromatic rings. The molecule has 20 heavy (non-hydrogen) atoms. The Labute approximate surface area is 127 Å². The van der Waals surface area contributed by atoms with Crippen molar-refractivity contribution >= 4 is 27.3 Å². The fourth-order valence-electron chi connectivity index (χ4n) is 1.80. The van der Waals surface area contributed by atoms with Gasteiger partial charge in [-0.3, -0.25) is 4.98 Å². The Morgan fingerprint density at radius 3 is 2.60 bits per heavy atom. The maximum Gasteiger partial charge on any atom is 0.417 e. The molecule has 0 fully saturated rings. The van der Waals surface area contributed by atoms with Gasteiger partial charge < -0.3 is 5.32 Å². The van der Waals surface area contributed by atoms with Crippen LogP contribution < -0.4 is 5.32 Å². The maximum atomic E-state index is 12.5. The van der Waals surface area contributed by atoms with E-state index in [9.17, 15) is 13.2 Å². The average Bonchev–Trinajstić information content (AvgIpc) is 2.81. The van der Waals surface area contributed by atoms with Crippen LogP contribution in [-0.2, 0) is 12.6 Å². The maximum absolute atomic E-state index is 12.5. The summed E-state index contributed by atoms with van der Waals surface area (Å²) in [5.41, 5.74) is -0.125. The van der Waals surface area contributed by atoms with Crippen LogP contribution in [0.5, 0.6) is 0 Å². The zero-order valence-electron chi connectivity index (χ0n) is 10.5. The third kappa shape index (κ3) is 3.80. The Balaban J connectivity index is 2.15. The number of thiophene rings is 1. The van der Waals surface area contributed by atoms with Crippen LogP contribution >= 0.6 is 27.3 Å². The van der Waals surface area contributed by atoms with Gasteiger partial charge in [0.1, 0.15) is 0 Å². The first-order valence-electron chi connectivity index (χ1n) is 5.83. The molecule has 0 bridgehead atoms. The highest BCUT2D eigenvalue weighted by Crippen LogP contribution is 2.30. The lowest BCUT2D eigenvalue weighted by atomic mass is 10.1. The van der Waals surface area contributed by atoms with Gasteiger partial charge in [0, 0.05) is 27.3 Å². The van der Waals surface area contributed by atoms with Crippen LogP contribution in [0.1, 0.15) is 22.2 Å². The van der Waals surface area contributed by atoms with Crippen molar-refractivity contribution in [3.05, 3.63) is 50.4 Å². The lowest BCUT2D eigenvalue weighted by Crippen LogP contribution is -2.20. The van der Waals surface area contributed by atoms with Crippen molar-refractivity contribution in [3.8, 4) is 0 Å². The number of nitrogens with one attached hydrogen (secondary N) is 1. The summed E-state index contributed by atoms with van der Waals surface area (Å²) >= 11 is 4.98. The number of rotatable bonds is 4. The normalized spacial score (nSPS) is 13.4. The molecule has 0 aliphatic heterocycles. The third-order valence-corrected chi connectivity index (χ3v) is 4.57. The predicted octanol–water partition coefficient (Wildman–Crippen LogP) is 4.43. The minimum absolute atomic E-state index is 0.108. The van der Waals surface area contributed by atoms with Crippen molar-refractivity contribution in [3.63, 3.8) is 0 Å². The molecule has 2 rings (SSSR count). The second-order valence-corrected chi connectivity index (χ2v) is 6.16. The second-order valence-electron chi connectivity index (χ2n) is 4.25. The van der Waals surface area contributed by atoms with E-state index >= 15 is 0 Å². The van der Waals surface area contributed by atoms with Crippen LogP contribution in [0, 0.1) is 0 Å². The standard InChI is InChI=1S/C13H12BrF3N2S/c1-18-12(5-10-4-9(14)7-20-10)11-3-2-8(6-19-11)13(15,16)17/h2-4,6-7,12,18H,5H2,1H3. The molecule has 2 heterocycles. The van der Waals surface area contributed by atoms with E-state index < -0.39 is 11.7 Å². The highest BCUT2D eigenvalue weighted by atomic mass is 79.9. The van der Waals surface area contributed by atoms with Crippen LogP contribution in [0.3, 0.4) is 0 Å². The molecule has 2 nitrogen and oxygen atoms in total. The number of hydrogen-bond donors (Lipinski definition) is 1. The Morgan fingerprint density at radius 1 is 1.40 bits per heavy atom. The van der Waals surface area contributed by atoms with Crippen molar-refractivity contribution in [2.24, 2.45) is 0 Å². The van der Waals surface area contributed by atoms with E-state index in [-0.39, 0.29) is 6.04 Å². The van der Waals surface area contributed by atoms with Gasteiger partial charge in [0.25, 0.3) is 0 Å². The number of alkyl halides is 3. The summed E-state index contributed by atoms with van der Waals surface area (Å²) in [6, 6.07) is 4.38. The zero-order chi connectivity index (χ0) is 14.8. The molecule has 0 saturated carbocycles. The molecule has 0 aliphatic rings. The SMILES string of the molecule is CNC(Cc1cc(Br)cs1)c1ccc(C(F)(F)F)cn1. The van der Waals surface area contributed by atoms with Gasteiger partial charge in [-0.1, -0.05) is 0 Å². The summed E-state index contributed by atoms with van der Waals surface area (Å²) in [6.07, 6.45) is -2.78. The summed E-state index contributed by atoms with van der Waals surface area (Å²) in [5, 5.41) is 5.06. The molecule has 1 N–H and O–H groups in total. The first-order valence-corrected chi connectivity index (χ1v) is 7.50. The highest BCUT2D eigenvalue weighted by Gasteiger charge is 2.30. The average molecular weight is 365 g/mol. The van der Waals surface area contributed by atoms with E-state index in [0.717, 1.165) is 21.6 Å². The fraction of sp³-hybridized carbons (Fsp3) is 0.308. The van der Waals surface area contributed by atoms with Gasteiger partial charge in [-0.2, -0.15) is 13.2 Å². The molecule has 108 valence electrons. The molecule has 0 amide bonds. The first-order chi connectivity index (χ1) is 9.40. The van der Waals surface area contributed by atoms with E-state index in [0.29, 0.717) is 12.1 Å². The monoisotopic (exact) mass is 364 g/mol. The predicted molar refractivity (Wildman–Crippen MR) is 76.8 cm³/mol. The Morgan fingerprint density at radius 2 is 2.15 bits per heavy atom. The molecule has 7 heteroatoms.